The number of nitrogens with zero attached hydrogens (tertiary/aromatic N) is 1. The minimum Gasteiger partial charge on any atom is -0.397 e. The number of nitrogen functional groups attached to an aromatic ring is 1. The number of nitrogens with two attached hydrogens (primary N) is 1. The van der Waals surface area contributed by atoms with Crippen LogP contribution in [-0.2, 0) is 0 Å². The van der Waals surface area contributed by atoms with Gasteiger partial charge in [-0.25, -0.2) is 4.98 Å². The zero-order valence-electron chi connectivity index (χ0n) is 7.19. The van der Waals surface area contributed by atoms with Crippen LogP contribution in [0, 0.1) is 5.95 Å². The first kappa shape index (κ1) is 11.4. The first-order valence-electron chi connectivity index (χ1n) is 3.90. The molecule has 1 rings (SSSR count). The highest BCUT2D eigenvalue weighted by Crippen LogP contribution is 2.21. The summed E-state index contributed by atoms with van der Waals surface area (Å²) in [6.07, 6.45) is -2.35. The Labute approximate surface area is 88.7 Å². The van der Waals surface area contributed by atoms with Crippen LogP contribution in [0.5, 0.6) is 0 Å². The number of halogens is 2. The average Bonchev–Trinajstić information content (AvgIpc) is 2.19. The molecular formula is C8H10BrFN2O2. The van der Waals surface area contributed by atoms with Gasteiger partial charge in [0.1, 0.15) is 6.10 Å². The molecule has 0 spiro atoms. The van der Waals surface area contributed by atoms with Crippen molar-refractivity contribution >= 4 is 21.6 Å². The summed E-state index contributed by atoms with van der Waals surface area (Å²) >= 11 is 2.98. The van der Waals surface area contributed by atoms with Crippen molar-refractivity contribution in [3.63, 3.8) is 0 Å². The van der Waals surface area contributed by atoms with Gasteiger partial charge < -0.3 is 15.9 Å². The second-order valence-corrected chi connectivity index (χ2v) is 3.42. The monoisotopic (exact) mass is 264 g/mol. The summed E-state index contributed by atoms with van der Waals surface area (Å²) in [5.41, 5.74) is 5.57. The molecule has 0 aliphatic carbocycles. The van der Waals surface area contributed by atoms with Crippen molar-refractivity contribution < 1.29 is 14.6 Å². The Morgan fingerprint density at radius 3 is 2.71 bits per heavy atom. The van der Waals surface area contributed by atoms with E-state index in [-0.39, 0.29) is 16.7 Å². The van der Waals surface area contributed by atoms with E-state index in [9.17, 15) is 14.6 Å². The SMILES string of the molecule is Nc1ccc(F)nc1C(O)C(O)CBr. The number of hydrogen-bond acceptors (Lipinski definition) is 4. The molecule has 1 aromatic heterocycles. The minimum atomic E-state index is -1.29. The molecule has 4 N–H and O–H groups in total. The Morgan fingerprint density at radius 1 is 1.50 bits per heavy atom. The van der Waals surface area contributed by atoms with Gasteiger partial charge in [-0.05, 0) is 12.1 Å². The van der Waals surface area contributed by atoms with Gasteiger partial charge >= 0.3 is 0 Å². The van der Waals surface area contributed by atoms with Crippen LogP contribution >= 0.6 is 15.9 Å². The van der Waals surface area contributed by atoms with Crippen molar-refractivity contribution in [1.82, 2.24) is 4.98 Å². The molecule has 2 unspecified atom stereocenters. The van der Waals surface area contributed by atoms with Crippen molar-refractivity contribution in [2.24, 2.45) is 0 Å². The second-order valence-electron chi connectivity index (χ2n) is 2.77. The average molecular weight is 265 g/mol. The van der Waals surface area contributed by atoms with Gasteiger partial charge in [0.2, 0.25) is 5.95 Å². The summed E-state index contributed by atoms with van der Waals surface area (Å²) in [6, 6.07) is 2.38. The Bertz CT molecular complexity index is 324. The molecule has 4 nitrogen and oxygen atoms in total. The summed E-state index contributed by atoms with van der Waals surface area (Å²) < 4.78 is 12.7. The number of anilines is 1. The van der Waals surface area contributed by atoms with E-state index in [0.29, 0.717) is 0 Å². The summed E-state index contributed by atoms with van der Waals surface area (Å²) in [7, 11) is 0. The zero-order chi connectivity index (χ0) is 10.7. The molecule has 2 atom stereocenters. The molecular weight excluding hydrogens is 255 g/mol. The smallest absolute Gasteiger partial charge is 0.213 e. The van der Waals surface area contributed by atoms with Crippen LogP contribution in [-0.4, -0.2) is 26.6 Å². The maximum absolute atomic E-state index is 12.7. The number of rotatable bonds is 3. The van der Waals surface area contributed by atoms with E-state index in [1.807, 2.05) is 0 Å². The van der Waals surface area contributed by atoms with Crippen LogP contribution in [0.3, 0.4) is 0 Å². The van der Waals surface area contributed by atoms with Gasteiger partial charge in [0.05, 0.1) is 17.5 Å². The van der Waals surface area contributed by atoms with E-state index in [2.05, 4.69) is 20.9 Å². The standard InChI is InChI=1S/C8H10BrFN2O2/c9-3-5(13)8(14)7-4(11)1-2-6(10)12-7/h1-2,5,8,13-14H,3,11H2. The lowest BCUT2D eigenvalue weighted by Gasteiger charge is -2.16. The second kappa shape index (κ2) is 4.68. The molecule has 0 saturated heterocycles. The van der Waals surface area contributed by atoms with Gasteiger partial charge in [-0.2, -0.15) is 4.39 Å². The van der Waals surface area contributed by atoms with Crippen molar-refractivity contribution in [2.75, 3.05) is 11.1 Å². The molecule has 0 aliphatic rings. The van der Waals surface area contributed by atoms with Gasteiger partial charge in [0.25, 0.3) is 0 Å². The molecule has 78 valence electrons. The lowest BCUT2D eigenvalue weighted by Crippen LogP contribution is -2.22. The van der Waals surface area contributed by atoms with Crippen molar-refractivity contribution in [3.05, 3.63) is 23.8 Å². The quantitative estimate of drug-likeness (QED) is 0.552. The summed E-state index contributed by atoms with van der Waals surface area (Å²) in [5, 5.41) is 18.9. The molecule has 0 aromatic carbocycles. The van der Waals surface area contributed by atoms with Crippen LogP contribution in [0.1, 0.15) is 11.8 Å². The van der Waals surface area contributed by atoms with Crippen LogP contribution in [0.25, 0.3) is 0 Å². The van der Waals surface area contributed by atoms with Crippen LogP contribution in [0.4, 0.5) is 10.1 Å². The molecule has 0 amide bonds. The number of pyridine rings is 1. The fourth-order valence-electron chi connectivity index (χ4n) is 0.964. The predicted molar refractivity (Wildman–Crippen MR) is 53.4 cm³/mol. The van der Waals surface area contributed by atoms with E-state index < -0.39 is 18.2 Å². The van der Waals surface area contributed by atoms with Gasteiger partial charge in [0.15, 0.2) is 0 Å². The number of hydrogen-bond donors (Lipinski definition) is 3. The molecule has 0 saturated carbocycles. The lowest BCUT2D eigenvalue weighted by molar-refractivity contribution is 0.0316. The van der Waals surface area contributed by atoms with E-state index in [1.54, 1.807) is 0 Å². The van der Waals surface area contributed by atoms with Crippen molar-refractivity contribution in [2.45, 2.75) is 12.2 Å². The fourth-order valence-corrected chi connectivity index (χ4v) is 1.32. The lowest BCUT2D eigenvalue weighted by atomic mass is 10.1. The summed E-state index contributed by atoms with van der Waals surface area (Å²) in [6.45, 7) is 0. The number of aliphatic hydroxyl groups excluding tert-OH is 2. The fraction of sp³-hybridized carbons (Fsp3) is 0.375. The number of aromatic nitrogens is 1. The Morgan fingerprint density at radius 2 is 2.14 bits per heavy atom. The predicted octanol–water partition coefficient (Wildman–Crippen LogP) is 0.592. The Hall–Kier alpha value is -0.720. The molecule has 1 aromatic rings. The van der Waals surface area contributed by atoms with E-state index in [0.717, 1.165) is 6.07 Å². The maximum Gasteiger partial charge on any atom is 0.213 e. The highest BCUT2D eigenvalue weighted by atomic mass is 79.9. The molecule has 0 bridgehead atoms. The summed E-state index contributed by atoms with van der Waals surface area (Å²) in [5.74, 6) is -0.741. The van der Waals surface area contributed by atoms with E-state index >= 15 is 0 Å². The highest BCUT2D eigenvalue weighted by molar-refractivity contribution is 9.09. The normalized spacial score (nSPS) is 15.1. The largest absolute Gasteiger partial charge is 0.397 e. The van der Waals surface area contributed by atoms with Crippen molar-refractivity contribution in [3.8, 4) is 0 Å². The van der Waals surface area contributed by atoms with Gasteiger partial charge in [-0.15, -0.1) is 0 Å². The van der Waals surface area contributed by atoms with Crippen LogP contribution in [0.2, 0.25) is 0 Å². The van der Waals surface area contributed by atoms with Gasteiger partial charge in [0, 0.05) is 5.33 Å². The molecule has 0 radical (unpaired) electrons. The van der Waals surface area contributed by atoms with Gasteiger partial charge in [-0.3, -0.25) is 0 Å². The van der Waals surface area contributed by atoms with Crippen LogP contribution < -0.4 is 5.73 Å². The third kappa shape index (κ3) is 2.40. The summed E-state index contributed by atoms with van der Waals surface area (Å²) in [4.78, 5) is 3.42. The Balaban J connectivity index is 2.99. The highest BCUT2D eigenvalue weighted by Gasteiger charge is 2.21. The van der Waals surface area contributed by atoms with Crippen LogP contribution in [0.15, 0.2) is 12.1 Å². The number of aliphatic hydroxyl groups is 2. The molecule has 6 heteroatoms. The van der Waals surface area contributed by atoms with E-state index in [4.69, 9.17) is 5.73 Å². The van der Waals surface area contributed by atoms with Crippen molar-refractivity contribution in [1.29, 1.82) is 0 Å². The minimum absolute atomic E-state index is 0.0445. The third-order valence-electron chi connectivity index (χ3n) is 1.73. The third-order valence-corrected chi connectivity index (χ3v) is 2.39. The zero-order valence-corrected chi connectivity index (χ0v) is 8.78. The topological polar surface area (TPSA) is 79.4 Å². The van der Waals surface area contributed by atoms with E-state index in [1.165, 1.54) is 6.07 Å². The number of alkyl halides is 1. The first-order chi connectivity index (χ1) is 6.56. The van der Waals surface area contributed by atoms with Gasteiger partial charge in [-0.1, -0.05) is 15.9 Å². The molecule has 0 aliphatic heterocycles. The maximum atomic E-state index is 12.7. The molecule has 0 fully saturated rings. The Kier molecular flexibility index (Phi) is 3.79. The molecule has 1 heterocycles. The molecule has 14 heavy (non-hydrogen) atoms. The first-order valence-corrected chi connectivity index (χ1v) is 5.02.